The monoisotopic (exact) mass is 213 g/mol. The first-order valence-electron chi connectivity index (χ1n) is 5.54. The molecule has 0 unspecified atom stereocenters. The summed E-state index contributed by atoms with van der Waals surface area (Å²) in [5.41, 5.74) is -0.454. The van der Waals surface area contributed by atoms with Gasteiger partial charge in [0.05, 0.1) is 6.10 Å². The van der Waals surface area contributed by atoms with E-state index in [1.54, 1.807) is 0 Å². The van der Waals surface area contributed by atoms with Gasteiger partial charge in [0.2, 0.25) is 0 Å². The van der Waals surface area contributed by atoms with E-state index in [4.69, 9.17) is 4.74 Å². The largest absolute Gasteiger partial charge is 0.444 e. The molecule has 2 aliphatic carbocycles. The van der Waals surface area contributed by atoms with Gasteiger partial charge in [-0.1, -0.05) is 0 Å². The lowest BCUT2D eigenvalue weighted by atomic mass is 10.1. The SMILES string of the molecule is CC(C)(C)OC(=O)N[C@@H]1C[C@@H](O)[C@H]2C[C@H]21. The lowest BCUT2D eigenvalue weighted by molar-refractivity contribution is 0.0493. The normalized spacial score (nSPS) is 38.4. The van der Waals surface area contributed by atoms with Crippen LogP contribution in [0.3, 0.4) is 0 Å². The van der Waals surface area contributed by atoms with Crippen LogP contribution in [0.5, 0.6) is 0 Å². The fourth-order valence-corrected chi connectivity index (χ4v) is 2.38. The summed E-state index contributed by atoms with van der Waals surface area (Å²) in [5, 5.41) is 12.4. The Morgan fingerprint density at radius 1 is 1.33 bits per heavy atom. The molecule has 0 aromatic heterocycles. The molecule has 0 aliphatic heterocycles. The number of nitrogens with one attached hydrogen (secondary N) is 1. The third-order valence-electron chi connectivity index (χ3n) is 3.10. The fourth-order valence-electron chi connectivity index (χ4n) is 2.38. The van der Waals surface area contributed by atoms with Gasteiger partial charge in [-0.2, -0.15) is 0 Å². The number of rotatable bonds is 1. The summed E-state index contributed by atoms with van der Waals surface area (Å²) in [7, 11) is 0. The van der Waals surface area contributed by atoms with E-state index in [-0.39, 0.29) is 18.2 Å². The number of carbonyl (C=O) groups excluding carboxylic acids is 1. The molecule has 0 bridgehead atoms. The van der Waals surface area contributed by atoms with Crippen LogP contribution in [0, 0.1) is 11.8 Å². The van der Waals surface area contributed by atoms with Crippen LogP contribution in [0.2, 0.25) is 0 Å². The molecule has 0 heterocycles. The Hall–Kier alpha value is -0.770. The molecule has 15 heavy (non-hydrogen) atoms. The van der Waals surface area contributed by atoms with Crippen molar-refractivity contribution in [3.8, 4) is 0 Å². The Bertz CT molecular complexity index is 271. The van der Waals surface area contributed by atoms with Crippen LogP contribution in [-0.2, 0) is 4.74 Å². The number of hydrogen-bond donors (Lipinski definition) is 2. The van der Waals surface area contributed by atoms with Crippen LogP contribution < -0.4 is 5.32 Å². The molecule has 0 saturated heterocycles. The summed E-state index contributed by atoms with van der Waals surface area (Å²) in [6, 6.07) is 0.111. The highest BCUT2D eigenvalue weighted by Gasteiger charge is 2.54. The fraction of sp³-hybridized carbons (Fsp3) is 0.909. The Balaban J connectivity index is 1.80. The van der Waals surface area contributed by atoms with Crippen molar-refractivity contribution in [2.75, 3.05) is 0 Å². The van der Waals surface area contributed by atoms with E-state index in [2.05, 4.69) is 5.32 Å². The molecule has 86 valence electrons. The minimum atomic E-state index is -0.454. The van der Waals surface area contributed by atoms with Crippen molar-refractivity contribution in [3.63, 3.8) is 0 Å². The van der Waals surface area contributed by atoms with Crippen molar-refractivity contribution < 1.29 is 14.6 Å². The smallest absolute Gasteiger partial charge is 0.407 e. The van der Waals surface area contributed by atoms with E-state index in [1.165, 1.54) is 0 Å². The molecule has 4 atom stereocenters. The van der Waals surface area contributed by atoms with Crippen molar-refractivity contribution >= 4 is 6.09 Å². The molecule has 0 spiro atoms. The summed E-state index contributed by atoms with van der Waals surface area (Å²) >= 11 is 0. The number of amides is 1. The van der Waals surface area contributed by atoms with Gasteiger partial charge in [-0.05, 0) is 45.4 Å². The van der Waals surface area contributed by atoms with Gasteiger partial charge in [0.15, 0.2) is 0 Å². The summed E-state index contributed by atoms with van der Waals surface area (Å²) in [6.45, 7) is 5.53. The molecule has 1 amide bonds. The van der Waals surface area contributed by atoms with Gasteiger partial charge in [0, 0.05) is 6.04 Å². The second kappa shape index (κ2) is 3.37. The quantitative estimate of drug-likeness (QED) is 0.690. The van der Waals surface area contributed by atoms with E-state index in [0.29, 0.717) is 18.3 Å². The van der Waals surface area contributed by atoms with Crippen molar-refractivity contribution in [3.05, 3.63) is 0 Å². The second-order valence-electron chi connectivity index (χ2n) is 5.62. The molecule has 0 aromatic rings. The van der Waals surface area contributed by atoms with Crippen LogP contribution in [0.1, 0.15) is 33.6 Å². The van der Waals surface area contributed by atoms with Gasteiger partial charge < -0.3 is 15.2 Å². The molecular weight excluding hydrogens is 194 g/mol. The number of carbonyl (C=O) groups is 1. The van der Waals surface area contributed by atoms with Gasteiger partial charge in [-0.15, -0.1) is 0 Å². The average Bonchev–Trinajstić information content (AvgIpc) is 2.71. The zero-order chi connectivity index (χ0) is 11.2. The summed E-state index contributed by atoms with van der Waals surface area (Å²) in [6.07, 6.45) is 1.12. The average molecular weight is 213 g/mol. The number of fused-ring (bicyclic) bond motifs is 1. The highest BCUT2D eigenvalue weighted by atomic mass is 16.6. The van der Waals surface area contributed by atoms with E-state index >= 15 is 0 Å². The van der Waals surface area contributed by atoms with E-state index in [9.17, 15) is 9.90 Å². The van der Waals surface area contributed by atoms with Crippen LogP contribution in [0.15, 0.2) is 0 Å². The highest BCUT2D eigenvalue weighted by molar-refractivity contribution is 5.68. The minimum absolute atomic E-state index is 0.111. The summed E-state index contributed by atoms with van der Waals surface area (Å²) < 4.78 is 5.17. The number of ether oxygens (including phenoxy) is 1. The maximum Gasteiger partial charge on any atom is 0.407 e. The first-order chi connectivity index (χ1) is 6.87. The third-order valence-corrected chi connectivity index (χ3v) is 3.10. The van der Waals surface area contributed by atoms with Crippen molar-refractivity contribution in [2.24, 2.45) is 11.8 Å². The molecule has 2 fully saturated rings. The molecule has 2 N–H and O–H groups in total. The number of hydrogen-bond acceptors (Lipinski definition) is 3. The highest BCUT2D eigenvalue weighted by Crippen LogP contribution is 2.51. The first-order valence-corrected chi connectivity index (χ1v) is 5.54. The van der Waals surface area contributed by atoms with Crippen molar-refractivity contribution in [2.45, 2.75) is 51.4 Å². The summed E-state index contributed by atoms with van der Waals surface area (Å²) in [4.78, 5) is 11.5. The van der Waals surface area contributed by atoms with Gasteiger partial charge in [0.25, 0.3) is 0 Å². The molecule has 0 radical (unpaired) electrons. The molecule has 0 aromatic carbocycles. The maximum atomic E-state index is 11.5. The Morgan fingerprint density at radius 3 is 2.40 bits per heavy atom. The molecule has 2 rings (SSSR count). The lowest BCUT2D eigenvalue weighted by Gasteiger charge is -2.22. The van der Waals surface area contributed by atoms with Crippen LogP contribution in [-0.4, -0.2) is 28.9 Å². The number of aliphatic hydroxyl groups excluding tert-OH is 1. The lowest BCUT2D eigenvalue weighted by Crippen LogP contribution is -2.39. The Labute approximate surface area is 90.0 Å². The number of aliphatic hydroxyl groups is 1. The predicted molar refractivity (Wildman–Crippen MR) is 55.4 cm³/mol. The second-order valence-corrected chi connectivity index (χ2v) is 5.62. The van der Waals surface area contributed by atoms with Gasteiger partial charge in [-0.3, -0.25) is 0 Å². The van der Waals surface area contributed by atoms with E-state index in [1.807, 2.05) is 20.8 Å². The van der Waals surface area contributed by atoms with Crippen molar-refractivity contribution in [1.29, 1.82) is 0 Å². The predicted octanol–water partition coefficient (Wildman–Crippen LogP) is 1.28. The molecule has 2 saturated carbocycles. The summed E-state index contributed by atoms with van der Waals surface area (Å²) in [5.74, 6) is 0.900. The molecule has 4 heteroatoms. The Kier molecular flexibility index (Phi) is 2.41. The third kappa shape index (κ3) is 2.43. The maximum absolute atomic E-state index is 11.5. The zero-order valence-corrected chi connectivity index (χ0v) is 9.49. The van der Waals surface area contributed by atoms with Crippen molar-refractivity contribution in [1.82, 2.24) is 5.32 Å². The van der Waals surface area contributed by atoms with Crippen LogP contribution in [0.25, 0.3) is 0 Å². The molecular formula is C11H19NO3. The van der Waals surface area contributed by atoms with Crippen LogP contribution in [0.4, 0.5) is 4.79 Å². The molecule has 2 aliphatic rings. The minimum Gasteiger partial charge on any atom is -0.444 e. The molecule has 4 nitrogen and oxygen atoms in total. The van der Waals surface area contributed by atoms with Gasteiger partial charge >= 0.3 is 6.09 Å². The van der Waals surface area contributed by atoms with E-state index in [0.717, 1.165) is 6.42 Å². The van der Waals surface area contributed by atoms with Gasteiger partial charge in [-0.25, -0.2) is 4.79 Å². The van der Waals surface area contributed by atoms with Crippen LogP contribution >= 0.6 is 0 Å². The van der Waals surface area contributed by atoms with E-state index < -0.39 is 5.60 Å². The first kappa shape index (κ1) is 10.7. The van der Waals surface area contributed by atoms with Gasteiger partial charge in [0.1, 0.15) is 5.60 Å². The standard InChI is InChI=1S/C11H19NO3/c1-11(2,3)15-10(14)12-8-5-9(13)7-4-6(7)8/h6-9,13H,4-5H2,1-3H3,(H,12,14)/t6-,7+,8-,9-/m1/s1. The number of alkyl carbamates (subject to hydrolysis) is 1. The zero-order valence-electron chi connectivity index (χ0n) is 9.49. The topological polar surface area (TPSA) is 58.6 Å². The Morgan fingerprint density at radius 2 is 2.00 bits per heavy atom.